The molecule has 0 spiro atoms. The Hall–Kier alpha value is -0.890. The molecule has 0 unspecified atom stereocenters. The Labute approximate surface area is 142 Å². The predicted octanol–water partition coefficient (Wildman–Crippen LogP) is 2.54. The van der Waals surface area contributed by atoms with Gasteiger partial charge in [0.2, 0.25) is 0 Å². The molecule has 1 aliphatic heterocycles. The molecule has 1 aromatic rings. The minimum absolute atomic E-state index is 0. The fourth-order valence-corrected chi connectivity index (χ4v) is 1.98. The fourth-order valence-electron chi connectivity index (χ4n) is 1.98. The lowest BCUT2D eigenvalue weighted by Crippen LogP contribution is -2.51. The zero-order valence-electron chi connectivity index (χ0n) is 12.5. The Morgan fingerprint density at radius 2 is 2.05 bits per heavy atom. The van der Waals surface area contributed by atoms with Crippen LogP contribution in [-0.2, 0) is 11.3 Å². The van der Waals surface area contributed by atoms with Gasteiger partial charge in [-0.15, -0.1) is 24.0 Å². The van der Waals surface area contributed by atoms with Gasteiger partial charge in [0.25, 0.3) is 0 Å². The summed E-state index contributed by atoms with van der Waals surface area (Å²) < 4.78 is 18.8. The van der Waals surface area contributed by atoms with Gasteiger partial charge >= 0.3 is 0 Å². The van der Waals surface area contributed by atoms with Crippen LogP contribution in [-0.4, -0.2) is 32.3 Å². The molecule has 1 heterocycles. The lowest BCUT2D eigenvalue weighted by molar-refractivity contribution is -0.0971. The molecule has 4 nitrogen and oxygen atoms in total. The van der Waals surface area contributed by atoms with Crippen molar-refractivity contribution in [2.75, 3.05) is 26.3 Å². The molecular weight excluding hydrogens is 384 g/mol. The summed E-state index contributed by atoms with van der Waals surface area (Å²) in [7, 11) is 0. The first kappa shape index (κ1) is 18.2. The van der Waals surface area contributed by atoms with Gasteiger partial charge in [0.1, 0.15) is 5.82 Å². The van der Waals surface area contributed by atoms with Gasteiger partial charge in [0.05, 0.1) is 19.8 Å². The van der Waals surface area contributed by atoms with Crippen molar-refractivity contribution in [3.8, 4) is 0 Å². The number of ether oxygens (including phenoxy) is 1. The average Bonchev–Trinajstić information content (AvgIpc) is 2.41. The molecular formula is C15H23FIN3O. The molecule has 0 radical (unpaired) electrons. The second-order valence-corrected chi connectivity index (χ2v) is 5.44. The predicted molar refractivity (Wildman–Crippen MR) is 93.6 cm³/mol. The number of nitrogens with zero attached hydrogens (tertiary/aromatic N) is 1. The Kier molecular flexibility index (Phi) is 7.37. The third-order valence-corrected chi connectivity index (χ3v) is 3.29. The van der Waals surface area contributed by atoms with Crippen molar-refractivity contribution in [1.29, 1.82) is 0 Å². The molecule has 0 atom stereocenters. The van der Waals surface area contributed by atoms with E-state index < -0.39 is 0 Å². The molecule has 0 bridgehead atoms. The van der Waals surface area contributed by atoms with E-state index in [-0.39, 0.29) is 35.2 Å². The van der Waals surface area contributed by atoms with Crippen molar-refractivity contribution in [2.45, 2.75) is 20.4 Å². The lowest BCUT2D eigenvalue weighted by atomic mass is 9.89. The van der Waals surface area contributed by atoms with E-state index in [1.165, 1.54) is 6.07 Å². The normalized spacial score (nSPS) is 16.6. The molecule has 6 heteroatoms. The molecule has 118 valence electrons. The second-order valence-electron chi connectivity index (χ2n) is 5.44. The van der Waals surface area contributed by atoms with Crippen molar-refractivity contribution >= 4 is 29.9 Å². The summed E-state index contributed by atoms with van der Waals surface area (Å²) in [5.74, 6) is 0.496. The third-order valence-electron chi connectivity index (χ3n) is 3.29. The van der Waals surface area contributed by atoms with Gasteiger partial charge in [-0.05, 0) is 13.0 Å². The zero-order valence-corrected chi connectivity index (χ0v) is 14.8. The maximum absolute atomic E-state index is 13.5. The van der Waals surface area contributed by atoms with Crippen LogP contribution in [0, 0.1) is 11.2 Å². The molecule has 1 fully saturated rings. The van der Waals surface area contributed by atoms with E-state index in [2.05, 4.69) is 22.5 Å². The van der Waals surface area contributed by atoms with Gasteiger partial charge < -0.3 is 15.4 Å². The van der Waals surface area contributed by atoms with E-state index in [4.69, 9.17) is 4.74 Å². The molecule has 0 amide bonds. The average molecular weight is 407 g/mol. The van der Waals surface area contributed by atoms with Gasteiger partial charge in [-0.25, -0.2) is 9.38 Å². The van der Waals surface area contributed by atoms with Crippen LogP contribution in [0.3, 0.4) is 0 Å². The van der Waals surface area contributed by atoms with Crippen molar-refractivity contribution < 1.29 is 9.13 Å². The number of guanidine groups is 1. The number of benzene rings is 1. The summed E-state index contributed by atoms with van der Waals surface area (Å²) in [4.78, 5) is 4.42. The van der Waals surface area contributed by atoms with Crippen LogP contribution in [0.15, 0.2) is 29.3 Å². The topological polar surface area (TPSA) is 45.7 Å². The summed E-state index contributed by atoms with van der Waals surface area (Å²) >= 11 is 0. The SMILES string of the molecule is CCNC(=NCc1ccccc1F)NCC1(C)COC1.I. The summed E-state index contributed by atoms with van der Waals surface area (Å²) in [5.41, 5.74) is 0.775. The van der Waals surface area contributed by atoms with Gasteiger partial charge in [-0.3, -0.25) is 0 Å². The van der Waals surface area contributed by atoms with Crippen molar-refractivity contribution in [3.05, 3.63) is 35.6 Å². The van der Waals surface area contributed by atoms with Gasteiger partial charge in [-0.1, -0.05) is 25.1 Å². The van der Waals surface area contributed by atoms with E-state index >= 15 is 0 Å². The Morgan fingerprint density at radius 3 is 2.62 bits per heavy atom. The van der Waals surface area contributed by atoms with Crippen LogP contribution in [0.1, 0.15) is 19.4 Å². The molecule has 21 heavy (non-hydrogen) atoms. The lowest BCUT2D eigenvalue weighted by Gasteiger charge is -2.38. The number of hydrogen-bond acceptors (Lipinski definition) is 2. The molecule has 1 aliphatic rings. The zero-order chi connectivity index (χ0) is 14.4. The van der Waals surface area contributed by atoms with E-state index in [1.807, 2.05) is 13.0 Å². The monoisotopic (exact) mass is 407 g/mol. The molecule has 0 aromatic heterocycles. The minimum atomic E-state index is -0.216. The highest BCUT2D eigenvalue weighted by molar-refractivity contribution is 14.0. The van der Waals surface area contributed by atoms with Crippen molar-refractivity contribution in [3.63, 3.8) is 0 Å². The number of halogens is 2. The summed E-state index contributed by atoms with van der Waals surface area (Å²) in [6.07, 6.45) is 0. The number of hydrogen-bond donors (Lipinski definition) is 2. The number of nitrogens with one attached hydrogen (secondary N) is 2. The fraction of sp³-hybridized carbons (Fsp3) is 0.533. The van der Waals surface area contributed by atoms with Crippen LogP contribution < -0.4 is 10.6 Å². The van der Waals surface area contributed by atoms with Crippen LogP contribution in [0.2, 0.25) is 0 Å². The Bertz CT molecular complexity index is 478. The first-order valence-electron chi connectivity index (χ1n) is 6.96. The van der Waals surface area contributed by atoms with Gasteiger partial charge in [-0.2, -0.15) is 0 Å². The Balaban J connectivity index is 0.00000220. The highest BCUT2D eigenvalue weighted by Gasteiger charge is 2.33. The van der Waals surface area contributed by atoms with Crippen LogP contribution >= 0.6 is 24.0 Å². The molecule has 0 aliphatic carbocycles. The van der Waals surface area contributed by atoms with Crippen molar-refractivity contribution in [1.82, 2.24) is 10.6 Å². The molecule has 2 N–H and O–H groups in total. The van der Waals surface area contributed by atoms with Crippen molar-refractivity contribution in [2.24, 2.45) is 10.4 Å². The maximum atomic E-state index is 13.5. The quantitative estimate of drug-likeness (QED) is 0.448. The van der Waals surface area contributed by atoms with Crippen LogP contribution in [0.25, 0.3) is 0 Å². The molecule has 1 aromatic carbocycles. The van der Waals surface area contributed by atoms with E-state index in [0.29, 0.717) is 18.1 Å². The summed E-state index contributed by atoms with van der Waals surface area (Å²) in [6.45, 7) is 7.62. The van der Waals surface area contributed by atoms with Gasteiger partial charge in [0, 0.05) is 24.1 Å². The maximum Gasteiger partial charge on any atom is 0.191 e. The molecule has 1 saturated heterocycles. The third kappa shape index (κ3) is 5.43. The minimum Gasteiger partial charge on any atom is -0.380 e. The summed E-state index contributed by atoms with van der Waals surface area (Å²) in [5, 5.41) is 6.46. The smallest absolute Gasteiger partial charge is 0.191 e. The second kappa shape index (κ2) is 8.53. The summed E-state index contributed by atoms with van der Waals surface area (Å²) in [6, 6.07) is 6.71. The molecule has 0 saturated carbocycles. The van der Waals surface area contributed by atoms with Crippen LogP contribution in [0.5, 0.6) is 0 Å². The first-order chi connectivity index (χ1) is 9.63. The van der Waals surface area contributed by atoms with Crippen LogP contribution in [0.4, 0.5) is 4.39 Å². The van der Waals surface area contributed by atoms with E-state index in [1.54, 1.807) is 12.1 Å². The molecule has 2 rings (SSSR count). The van der Waals surface area contributed by atoms with E-state index in [0.717, 1.165) is 26.3 Å². The van der Waals surface area contributed by atoms with Gasteiger partial charge in [0.15, 0.2) is 5.96 Å². The van der Waals surface area contributed by atoms with E-state index in [9.17, 15) is 4.39 Å². The number of aliphatic imine (C=N–C) groups is 1. The first-order valence-corrected chi connectivity index (χ1v) is 6.96. The Morgan fingerprint density at radius 1 is 1.33 bits per heavy atom. The number of rotatable bonds is 5. The standard InChI is InChI=1S/C15H22FN3O.HI/c1-3-17-14(19-9-15(2)10-20-11-15)18-8-12-6-4-5-7-13(12)16;/h4-7H,3,8-11H2,1-2H3,(H2,17,18,19);1H. The largest absolute Gasteiger partial charge is 0.380 e. The highest BCUT2D eigenvalue weighted by atomic mass is 127. The highest BCUT2D eigenvalue weighted by Crippen LogP contribution is 2.24.